The zero-order valence-electron chi connectivity index (χ0n) is 22.8. The summed E-state index contributed by atoms with van der Waals surface area (Å²) in [5.41, 5.74) is 0.855. The van der Waals surface area contributed by atoms with E-state index in [-0.39, 0.29) is 17.8 Å². The zero-order chi connectivity index (χ0) is 30.1. The number of anilines is 1. The molecular formula is C28H34N4O9. The Bertz CT molecular complexity index is 1430. The van der Waals surface area contributed by atoms with Gasteiger partial charge in [0, 0.05) is 11.5 Å². The number of primary amides is 1. The second-order valence-electron chi connectivity index (χ2n) is 11.6. The van der Waals surface area contributed by atoms with Gasteiger partial charge >= 0.3 is 0 Å². The second-order valence-corrected chi connectivity index (χ2v) is 11.6. The van der Waals surface area contributed by atoms with Crippen LogP contribution >= 0.6 is 0 Å². The SMILES string of the molecule is CC1c2ccc(NC(=O)CNCC3CC3)c(O)c2C(=O)C2=C(O)[C@]3(O)C(=O)C(C(N)=O)=C(O)[C@@H](N(C)C)C3C(O)C21. The molecule has 4 aliphatic rings. The average molecular weight is 571 g/mol. The lowest BCUT2D eigenvalue weighted by Crippen LogP contribution is -2.68. The van der Waals surface area contributed by atoms with Crippen molar-refractivity contribution >= 4 is 29.1 Å². The Labute approximate surface area is 235 Å². The lowest BCUT2D eigenvalue weighted by molar-refractivity contribution is -0.162. The Morgan fingerprint density at radius 3 is 2.39 bits per heavy atom. The van der Waals surface area contributed by atoms with E-state index < -0.39 is 87.3 Å². The van der Waals surface area contributed by atoms with Crippen molar-refractivity contribution in [3.05, 3.63) is 45.9 Å². The van der Waals surface area contributed by atoms with Crippen molar-refractivity contribution in [1.82, 2.24) is 10.2 Å². The molecule has 4 aliphatic carbocycles. The number of fused-ring (bicyclic) bond motifs is 3. The van der Waals surface area contributed by atoms with Gasteiger partial charge in [-0.25, -0.2) is 0 Å². The molecule has 0 radical (unpaired) electrons. The maximum atomic E-state index is 13.9. The fourth-order valence-electron chi connectivity index (χ4n) is 6.63. The monoisotopic (exact) mass is 570 g/mol. The number of hydrogen-bond donors (Lipinski definition) is 8. The summed E-state index contributed by atoms with van der Waals surface area (Å²) in [4.78, 5) is 53.3. The minimum atomic E-state index is -2.99. The molecule has 1 aromatic carbocycles. The van der Waals surface area contributed by atoms with E-state index in [4.69, 9.17) is 5.73 Å². The Morgan fingerprint density at radius 1 is 1.15 bits per heavy atom. The van der Waals surface area contributed by atoms with Gasteiger partial charge in [0.1, 0.15) is 17.1 Å². The number of nitrogens with two attached hydrogens (primary N) is 1. The summed E-state index contributed by atoms with van der Waals surface area (Å²) in [5, 5.41) is 62.3. The summed E-state index contributed by atoms with van der Waals surface area (Å²) in [6.07, 6.45) is 0.541. The minimum absolute atomic E-state index is 0.0102. The van der Waals surface area contributed by atoms with Gasteiger partial charge in [-0.3, -0.25) is 24.1 Å². The predicted molar refractivity (Wildman–Crippen MR) is 144 cm³/mol. The molecule has 5 rings (SSSR count). The number of ketones is 2. The third kappa shape index (κ3) is 4.22. The summed E-state index contributed by atoms with van der Waals surface area (Å²) in [5.74, 6) is -9.61. The van der Waals surface area contributed by atoms with Crippen LogP contribution in [0, 0.1) is 17.8 Å². The number of Topliss-reactive ketones (excluding diaryl/α,β-unsaturated/α-hetero) is 2. The van der Waals surface area contributed by atoms with Crippen molar-refractivity contribution in [2.45, 2.75) is 43.4 Å². The molecule has 2 amide bonds. The number of aliphatic hydroxyl groups is 4. The number of phenols is 1. The number of benzene rings is 1. The fourth-order valence-corrected chi connectivity index (χ4v) is 6.63. The molecule has 4 unspecified atom stereocenters. The van der Waals surface area contributed by atoms with Crippen molar-refractivity contribution in [3.8, 4) is 5.75 Å². The topological polar surface area (TPSA) is 223 Å². The summed E-state index contributed by atoms with van der Waals surface area (Å²) in [7, 11) is 2.94. The van der Waals surface area contributed by atoms with Crippen LogP contribution in [0.5, 0.6) is 5.75 Å². The maximum Gasteiger partial charge on any atom is 0.255 e. The van der Waals surface area contributed by atoms with E-state index in [1.807, 2.05) is 0 Å². The Hall–Kier alpha value is -3.78. The first-order valence-corrected chi connectivity index (χ1v) is 13.4. The van der Waals surface area contributed by atoms with Gasteiger partial charge in [0.15, 0.2) is 17.1 Å². The number of carbonyl (C=O) groups is 4. The molecule has 0 heterocycles. The molecule has 1 fully saturated rings. The van der Waals surface area contributed by atoms with Gasteiger partial charge in [-0.05, 0) is 56.9 Å². The van der Waals surface area contributed by atoms with Crippen LogP contribution in [0.4, 0.5) is 5.69 Å². The van der Waals surface area contributed by atoms with Crippen LogP contribution in [0.3, 0.4) is 0 Å². The van der Waals surface area contributed by atoms with Crippen LogP contribution in [0.25, 0.3) is 0 Å². The largest absolute Gasteiger partial charge is 0.510 e. The lowest BCUT2D eigenvalue weighted by Gasteiger charge is -2.53. The average Bonchev–Trinajstić information content (AvgIpc) is 3.71. The van der Waals surface area contributed by atoms with Crippen molar-refractivity contribution in [3.63, 3.8) is 0 Å². The Balaban J connectivity index is 1.59. The summed E-state index contributed by atoms with van der Waals surface area (Å²) in [6.45, 7) is 2.32. The van der Waals surface area contributed by atoms with Gasteiger partial charge in [0.2, 0.25) is 11.7 Å². The molecule has 0 bridgehead atoms. The van der Waals surface area contributed by atoms with E-state index in [9.17, 15) is 44.7 Å². The number of phenolic OH excluding ortho intramolecular Hbond substituents is 1. The standard InChI is InChI=1S/C28H34N4O9/c1-10-12-6-7-13(31-14(33)9-30-8-11-4-5-11)21(34)16(12)22(35)17-15(10)23(36)19-20(32(2)3)24(37)18(27(29)40)26(39)28(19,41)25(17)38/h6-7,10-11,15,19-20,23,30,34,36-38,41H,4-5,8-9H2,1-3H3,(H2,29,40)(H,31,33)/t10?,15?,19?,20-,23?,28-/m0/s1. The number of rotatable bonds is 7. The first kappa shape index (κ1) is 28.7. The zero-order valence-corrected chi connectivity index (χ0v) is 22.8. The first-order chi connectivity index (χ1) is 19.2. The van der Waals surface area contributed by atoms with Crippen LogP contribution in [0.15, 0.2) is 34.8 Å². The van der Waals surface area contributed by atoms with E-state index in [1.54, 1.807) is 6.92 Å². The lowest BCUT2D eigenvalue weighted by atomic mass is 9.55. The molecule has 13 nitrogen and oxygen atoms in total. The molecule has 0 saturated heterocycles. The van der Waals surface area contributed by atoms with Crippen LogP contribution in [-0.2, 0) is 14.4 Å². The number of hydrogen-bond acceptors (Lipinski definition) is 11. The van der Waals surface area contributed by atoms with Gasteiger partial charge < -0.3 is 41.9 Å². The van der Waals surface area contributed by atoms with Crippen molar-refractivity contribution in [2.75, 3.05) is 32.5 Å². The highest BCUT2D eigenvalue weighted by molar-refractivity contribution is 6.25. The minimum Gasteiger partial charge on any atom is -0.510 e. The number of likely N-dealkylation sites (N-methyl/N-ethyl adjacent to an activating group) is 1. The fraction of sp³-hybridized carbons (Fsp3) is 0.500. The number of amides is 2. The molecule has 0 spiro atoms. The molecule has 6 atom stereocenters. The van der Waals surface area contributed by atoms with Crippen LogP contribution in [0.1, 0.15) is 41.6 Å². The van der Waals surface area contributed by atoms with E-state index in [1.165, 1.54) is 31.1 Å². The summed E-state index contributed by atoms with van der Waals surface area (Å²) in [6, 6.07) is 1.61. The summed E-state index contributed by atoms with van der Waals surface area (Å²) >= 11 is 0. The van der Waals surface area contributed by atoms with Crippen LogP contribution < -0.4 is 16.4 Å². The molecule has 0 aliphatic heterocycles. The second kappa shape index (κ2) is 9.94. The van der Waals surface area contributed by atoms with Gasteiger partial charge in [-0.1, -0.05) is 13.0 Å². The molecule has 0 aromatic heterocycles. The normalized spacial score (nSPS) is 31.1. The Morgan fingerprint density at radius 2 is 1.80 bits per heavy atom. The number of carbonyl (C=O) groups excluding carboxylic acids is 4. The van der Waals surface area contributed by atoms with E-state index in [0.717, 1.165) is 12.8 Å². The molecule has 220 valence electrons. The number of aromatic hydroxyl groups is 1. The number of nitrogens with zero attached hydrogens (tertiary/aromatic N) is 1. The molecular weight excluding hydrogens is 536 g/mol. The van der Waals surface area contributed by atoms with Gasteiger partial charge in [0.05, 0.1) is 35.9 Å². The number of nitrogens with one attached hydrogen (secondary N) is 2. The molecule has 1 saturated carbocycles. The van der Waals surface area contributed by atoms with Gasteiger partial charge in [-0.2, -0.15) is 0 Å². The van der Waals surface area contributed by atoms with Crippen LogP contribution in [0.2, 0.25) is 0 Å². The highest BCUT2D eigenvalue weighted by Crippen LogP contribution is 2.56. The first-order valence-electron chi connectivity index (χ1n) is 13.4. The van der Waals surface area contributed by atoms with Crippen LogP contribution in [-0.4, -0.2) is 98.7 Å². The van der Waals surface area contributed by atoms with Gasteiger partial charge in [-0.15, -0.1) is 0 Å². The van der Waals surface area contributed by atoms with Crippen molar-refractivity contribution in [1.29, 1.82) is 0 Å². The highest BCUT2D eigenvalue weighted by Gasteiger charge is 2.67. The quantitative estimate of drug-likeness (QED) is 0.155. The van der Waals surface area contributed by atoms with Crippen molar-refractivity contribution < 1.29 is 44.7 Å². The van der Waals surface area contributed by atoms with Crippen molar-refractivity contribution in [2.24, 2.45) is 23.5 Å². The van der Waals surface area contributed by atoms with Gasteiger partial charge in [0.25, 0.3) is 5.91 Å². The molecule has 41 heavy (non-hydrogen) atoms. The molecule has 1 aromatic rings. The third-order valence-corrected chi connectivity index (χ3v) is 8.82. The highest BCUT2D eigenvalue weighted by atomic mass is 16.4. The Kier molecular flexibility index (Phi) is 6.97. The predicted octanol–water partition coefficient (Wildman–Crippen LogP) is -0.409. The van der Waals surface area contributed by atoms with E-state index in [0.29, 0.717) is 18.0 Å². The molecule has 13 heteroatoms. The van der Waals surface area contributed by atoms with E-state index in [2.05, 4.69) is 10.6 Å². The summed E-state index contributed by atoms with van der Waals surface area (Å²) < 4.78 is 0. The maximum absolute atomic E-state index is 13.9. The van der Waals surface area contributed by atoms with E-state index >= 15 is 0 Å². The number of aliphatic hydroxyl groups excluding tert-OH is 3. The smallest absolute Gasteiger partial charge is 0.255 e. The third-order valence-electron chi connectivity index (χ3n) is 8.82. The molecule has 9 N–H and O–H groups in total.